The van der Waals surface area contributed by atoms with Crippen LogP contribution in [0.15, 0.2) is 24.3 Å². The number of benzene rings is 1. The number of amides is 1. The highest BCUT2D eigenvalue weighted by molar-refractivity contribution is 5.90. The van der Waals surface area contributed by atoms with Gasteiger partial charge in [0.15, 0.2) is 0 Å². The van der Waals surface area contributed by atoms with E-state index in [4.69, 9.17) is 5.26 Å². The van der Waals surface area contributed by atoms with Crippen LogP contribution in [-0.4, -0.2) is 41.7 Å². The molecule has 0 aromatic heterocycles. The third kappa shape index (κ3) is 4.34. The Morgan fingerprint density at radius 1 is 1.55 bits per heavy atom. The van der Waals surface area contributed by atoms with E-state index in [1.807, 2.05) is 6.07 Å². The summed E-state index contributed by atoms with van der Waals surface area (Å²) in [4.78, 5) is 14.0. The van der Waals surface area contributed by atoms with Gasteiger partial charge in [0.1, 0.15) is 0 Å². The summed E-state index contributed by atoms with van der Waals surface area (Å²) in [6.45, 7) is 2.46. The van der Waals surface area contributed by atoms with Gasteiger partial charge in [0.2, 0.25) is 5.91 Å². The van der Waals surface area contributed by atoms with E-state index in [2.05, 4.69) is 10.2 Å². The molecule has 1 aromatic rings. The summed E-state index contributed by atoms with van der Waals surface area (Å²) in [5.41, 5.74) is 1.19. The van der Waals surface area contributed by atoms with Crippen molar-refractivity contribution in [3.05, 3.63) is 29.8 Å². The molecular formula is C15H19N3O2. The summed E-state index contributed by atoms with van der Waals surface area (Å²) in [6, 6.07) is 8.93. The Kier molecular flexibility index (Phi) is 5.10. The van der Waals surface area contributed by atoms with Gasteiger partial charge in [0, 0.05) is 25.2 Å². The number of nitrogens with zero attached hydrogens (tertiary/aromatic N) is 2. The molecule has 1 aromatic carbocycles. The van der Waals surface area contributed by atoms with Gasteiger partial charge in [-0.25, -0.2) is 0 Å². The van der Waals surface area contributed by atoms with Gasteiger partial charge in [-0.15, -0.1) is 0 Å². The predicted octanol–water partition coefficient (Wildman–Crippen LogP) is 1.34. The Hall–Kier alpha value is -1.90. The summed E-state index contributed by atoms with van der Waals surface area (Å²) < 4.78 is 0. The van der Waals surface area contributed by atoms with E-state index in [9.17, 15) is 9.90 Å². The summed E-state index contributed by atoms with van der Waals surface area (Å²) in [7, 11) is 0. The third-order valence-corrected chi connectivity index (χ3v) is 3.40. The Balaban J connectivity index is 1.71. The highest BCUT2D eigenvalue weighted by atomic mass is 16.3. The highest BCUT2D eigenvalue weighted by Gasteiger charge is 2.19. The van der Waals surface area contributed by atoms with Crippen molar-refractivity contribution < 1.29 is 9.90 Å². The Bertz CT molecular complexity index is 510. The molecule has 1 amide bonds. The molecule has 5 nitrogen and oxygen atoms in total. The fourth-order valence-corrected chi connectivity index (χ4v) is 2.37. The summed E-state index contributed by atoms with van der Waals surface area (Å²) in [5.74, 6) is -0.0418. The highest BCUT2D eigenvalue weighted by Crippen LogP contribution is 2.12. The first kappa shape index (κ1) is 14.5. The van der Waals surface area contributed by atoms with Crippen molar-refractivity contribution in [1.82, 2.24) is 4.90 Å². The van der Waals surface area contributed by atoms with Crippen LogP contribution >= 0.6 is 0 Å². The third-order valence-electron chi connectivity index (χ3n) is 3.40. The van der Waals surface area contributed by atoms with Crippen molar-refractivity contribution in [2.75, 3.05) is 25.0 Å². The SMILES string of the molecule is N#Cc1cccc(NC(=O)CCCN2CCC(O)C2)c1. The van der Waals surface area contributed by atoms with Gasteiger partial charge in [0.25, 0.3) is 0 Å². The standard InChI is InChI=1S/C15H19N3O2/c16-10-12-3-1-4-13(9-12)17-15(20)5-2-7-18-8-6-14(19)11-18/h1,3-4,9,14,19H,2,5-8,11H2,(H,17,20). The second-order valence-electron chi connectivity index (χ2n) is 5.09. The average Bonchev–Trinajstić information content (AvgIpc) is 2.84. The molecule has 1 unspecified atom stereocenters. The van der Waals surface area contributed by atoms with Gasteiger partial charge in [-0.05, 0) is 37.6 Å². The first-order chi connectivity index (χ1) is 9.67. The van der Waals surface area contributed by atoms with Crippen molar-refractivity contribution in [2.24, 2.45) is 0 Å². The number of carbonyl (C=O) groups excluding carboxylic acids is 1. The minimum atomic E-state index is -0.211. The molecule has 1 aliphatic heterocycles. The number of anilines is 1. The molecule has 0 spiro atoms. The van der Waals surface area contributed by atoms with Gasteiger partial charge in [-0.1, -0.05) is 6.07 Å². The summed E-state index contributed by atoms with van der Waals surface area (Å²) in [5, 5.41) is 21.0. The molecule has 1 fully saturated rings. The molecule has 1 atom stereocenters. The topological polar surface area (TPSA) is 76.4 Å². The zero-order valence-corrected chi connectivity index (χ0v) is 11.4. The monoisotopic (exact) mass is 273 g/mol. The lowest BCUT2D eigenvalue weighted by Gasteiger charge is -2.14. The quantitative estimate of drug-likeness (QED) is 0.849. The van der Waals surface area contributed by atoms with E-state index in [-0.39, 0.29) is 12.0 Å². The maximum absolute atomic E-state index is 11.8. The van der Waals surface area contributed by atoms with Gasteiger partial charge in [-0.3, -0.25) is 4.79 Å². The molecule has 2 rings (SSSR count). The number of hydrogen-bond acceptors (Lipinski definition) is 4. The zero-order chi connectivity index (χ0) is 14.4. The van der Waals surface area contributed by atoms with Crippen molar-refractivity contribution in [2.45, 2.75) is 25.4 Å². The fourth-order valence-electron chi connectivity index (χ4n) is 2.37. The maximum atomic E-state index is 11.8. The Morgan fingerprint density at radius 2 is 2.40 bits per heavy atom. The maximum Gasteiger partial charge on any atom is 0.224 e. The van der Waals surface area contributed by atoms with Crippen LogP contribution in [0.4, 0.5) is 5.69 Å². The number of aliphatic hydroxyl groups excluding tert-OH is 1. The van der Waals surface area contributed by atoms with Crippen LogP contribution in [0.25, 0.3) is 0 Å². The lowest BCUT2D eigenvalue weighted by molar-refractivity contribution is -0.116. The van der Waals surface area contributed by atoms with E-state index < -0.39 is 0 Å². The normalized spacial score (nSPS) is 18.7. The lowest BCUT2D eigenvalue weighted by Crippen LogP contribution is -2.24. The van der Waals surface area contributed by atoms with Crippen LogP contribution in [0.1, 0.15) is 24.8 Å². The number of nitriles is 1. The molecule has 5 heteroatoms. The first-order valence-electron chi connectivity index (χ1n) is 6.88. The Labute approximate surface area is 118 Å². The number of rotatable bonds is 5. The number of likely N-dealkylation sites (tertiary alicyclic amines) is 1. The predicted molar refractivity (Wildman–Crippen MR) is 76.1 cm³/mol. The number of nitrogens with one attached hydrogen (secondary N) is 1. The average molecular weight is 273 g/mol. The largest absolute Gasteiger partial charge is 0.392 e. The molecule has 106 valence electrons. The van der Waals surface area contributed by atoms with Gasteiger partial charge in [0.05, 0.1) is 17.7 Å². The van der Waals surface area contributed by atoms with E-state index in [0.717, 1.165) is 25.9 Å². The molecule has 0 aliphatic carbocycles. The fraction of sp³-hybridized carbons (Fsp3) is 0.467. The van der Waals surface area contributed by atoms with Crippen molar-refractivity contribution in [3.63, 3.8) is 0 Å². The second-order valence-corrected chi connectivity index (χ2v) is 5.09. The smallest absolute Gasteiger partial charge is 0.224 e. The van der Waals surface area contributed by atoms with E-state index in [1.165, 1.54) is 0 Å². The van der Waals surface area contributed by atoms with E-state index in [0.29, 0.717) is 24.2 Å². The number of hydrogen-bond donors (Lipinski definition) is 2. The molecular weight excluding hydrogens is 254 g/mol. The van der Waals surface area contributed by atoms with Crippen LogP contribution in [0.2, 0.25) is 0 Å². The van der Waals surface area contributed by atoms with Crippen LogP contribution in [-0.2, 0) is 4.79 Å². The van der Waals surface area contributed by atoms with Crippen LogP contribution < -0.4 is 5.32 Å². The molecule has 0 radical (unpaired) electrons. The Morgan fingerprint density at radius 3 is 3.10 bits per heavy atom. The number of carbonyl (C=O) groups is 1. The second kappa shape index (κ2) is 7.04. The summed E-state index contributed by atoms with van der Waals surface area (Å²) in [6.07, 6.45) is 1.84. The molecule has 0 saturated carbocycles. The molecule has 1 aliphatic rings. The zero-order valence-electron chi connectivity index (χ0n) is 11.4. The number of β-amino-alcohol motifs (C(OH)–C–C–N with tert-alkyl or cyclic N) is 1. The molecule has 2 N–H and O–H groups in total. The van der Waals surface area contributed by atoms with Crippen molar-refractivity contribution in [3.8, 4) is 6.07 Å². The first-order valence-corrected chi connectivity index (χ1v) is 6.88. The van der Waals surface area contributed by atoms with Crippen LogP contribution in [0, 0.1) is 11.3 Å². The molecule has 0 bridgehead atoms. The minimum absolute atomic E-state index is 0.0418. The van der Waals surface area contributed by atoms with E-state index >= 15 is 0 Å². The van der Waals surface area contributed by atoms with Gasteiger partial charge >= 0.3 is 0 Å². The summed E-state index contributed by atoms with van der Waals surface area (Å²) >= 11 is 0. The van der Waals surface area contributed by atoms with Gasteiger partial charge < -0.3 is 15.3 Å². The van der Waals surface area contributed by atoms with Crippen molar-refractivity contribution in [1.29, 1.82) is 5.26 Å². The molecule has 20 heavy (non-hydrogen) atoms. The lowest BCUT2D eigenvalue weighted by atomic mass is 10.2. The van der Waals surface area contributed by atoms with Crippen molar-refractivity contribution >= 4 is 11.6 Å². The van der Waals surface area contributed by atoms with E-state index in [1.54, 1.807) is 24.3 Å². The van der Waals surface area contributed by atoms with Gasteiger partial charge in [-0.2, -0.15) is 5.26 Å². The molecule has 1 saturated heterocycles. The molecule has 1 heterocycles. The number of aliphatic hydroxyl groups is 1. The minimum Gasteiger partial charge on any atom is -0.392 e. The van der Waals surface area contributed by atoms with Crippen LogP contribution in [0.3, 0.4) is 0 Å². The van der Waals surface area contributed by atoms with Crippen LogP contribution in [0.5, 0.6) is 0 Å².